The molecule has 0 saturated carbocycles. The summed E-state index contributed by atoms with van der Waals surface area (Å²) in [7, 11) is 0. The van der Waals surface area contributed by atoms with Gasteiger partial charge in [-0.05, 0) is 26.2 Å². The van der Waals surface area contributed by atoms with Gasteiger partial charge in [-0.25, -0.2) is 0 Å². The Morgan fingerprint density at radius 2 is 1.54 bits per heavy atom. The first kappa shape index (κ1) is 12.2. The molecular weight excluding hydrogens is 160 g/mol. The monoisotopic (exact) mass is 180 g/mol. The van der Waals surface area contributed by atoms with E-state index < -0.39 is 0 Å². The molecule has 0 fully saturated rings. The highest BCUT2D eigenvalue weighted by Crippen LogP contribution is 1.97. The van der Waals surface area contributed by atoms with E-state index in [0.29, 0.717) is 6.42 Å². The SMILES string of the molecule is CCC/C=C/CC/C=C/CC(C)=O. The lowest BCUT2D eigenvalue weighted by atomic mass is 10.2. The fourth-order valence-corrected chi connectivity index (χ4v) is 0.962. The molecule has 1 nitrogen and oxygen atoms in total. The zero-order valence-electron chi connectivity index (χ0n) is 8.75. The summed E-state index contributed by atoms with van der Waals surface area (Å²) in [5, 5.41) is 0. The van der Waals surface area contributed by atoms with E-state index in [1.807, 2.05) is 6.08 Å². The van der Waals surface area contributed by atoms with Crippen LogP contribution in [0.15, 0.2) is 24.3 Å². The molecule has 0 aromatic heterocycles. The first-order chi connectivity index (χ1) is 6.27. The lowest BCUT2D eigenvalue weighted by Gasteiger charge is -1.87. The van der Waals surface area contributed by atoms with Gasteiger partial charge in [-0.2, -0.15) is 0 Å². The molecule has 74 valence electrons. The van der Waals surface area contributed by atoms with E-state index in [1.54, 1.807) is 6.92 Å². The number of rotatable bonds is 7. The summed E-state index contributed by atoms with van der Waals surface area (Å²) >= 11 is 0. The van der Waals surface area contributed by atoms with Crippen LogP contribution in [0, 0.1) is 0 Å². The molecule has 0 N–H and O–H groups in total. The van der Waals surface area contributed by atoms with Crippen LogP contribution in [0.2, 0.25) is 0 Å². The average Bonchev–Trinajstić information content (AvgIpc) is 2.09. The van der Waals surface area contributed by atoms with Crippen molar-refractivity contribution in [2.75, 3.05) is 0 Å². The molecule has 0 amide bonds. The molecule has 13 heavy (non-hydrogen) atoms. The zero-order chi connectivity index (χ0) is 9.94. The van der Waals surface area contributed by atoms with Gasteiger partial charge in [0.2, 0.25) is 0 Å². The largest absolute Gasteiger partial charge is 0.300 e. The Bertz CT molecular complexity index is 178. The number of Topliss-reactive ketones (excluding diaryl/α,β-unsaturated/α-hetero) is 1. The molecule has 0 bridgehead atoms. The Morgan fingerprint density at radius 3 is 2.08 bits per heavy atom. The third-order valence-electron chi connectivity index (χ3n) is 1.69. The molecule has 0 spiro atoms. The minimum Gasteiger partial charge on any atom is -0.300 e. The van der Waals surface area contributed by atoms with Crippen molar-refractivity contribution in [3.63, 3.8) is 0 Å². The lowest BCUT2D eigenvalue weighted by molar-refractivity contribution is -0.116. The number of allylic oxidation sites excluding steroid dienone is 4. The lowest BCUT2D eigenvalue weighted by Crippen LogP contribution is -1.83. The van der Waals surface area contributed by atoms with Gasteiger partial charge in [0.1, 0.15) is 5.78 Å². The molecule has 0 aromatic carbocycles. The number of hydrogen-bond acceptors (Lipinski definition) is 1. The molecule has 0 aliphatic heterocycles. The summed E-state index contributed by atoms with van der Waals surface area (Å²) < 4.78 is 0. The maximum atomic E-state index is 10.6. The molecule has 0 radical (unpaired) electrons. The van der Waals surface area contributed by atoms with Crippen molar-refractivity contribution in [1.82, 2.24) is 0 Å². The highest BCUT2D eigenvalue weighted by Gasteiger charge is 1.84. The highest BCUT2D eigenvalue weighted by atomic mass is 16.1. The second-order valence-electron chi connectivity index (χ2n) is 3.21. The first-order valence-electron chi connectivity index (χ1n) is 5.06. The van der Waals surface area contributed by atoms with Gasteiger partial charge in [-0.1, -0.05) is 37.6 Å². The Balaban J connectivity index is 3.24. The number of carbonyl (C=O) groups is 1. The minimum absolute atomic E-state index is 0.234. The maximum Gasteiger partial charge on any atom is 0.133 e. The second kappa shape index (κ2) is 9.24. The molecule has 0 rings (SSSR count). The van der Waals surface area contributed by atoms with Gasteiger partial charge in [0, 0.05) is 6.42 Å². The van der Waals surface area contributed by atoms with E-state index in [1.165, 1.54) is 12.8 Å². The summed E-state index contributed by atoms with van der Waals surface area (Å²) in [6.07, 6.45) is 13.6. The van der Waals surface area contributed by atoms with Gasteiger partial charge in [0.15, 0.2) is 0 Å². The maximum absolute atomic E-state index is 10.6. The Labute approximate surface area is 81.5 Å². The molecular formula is C12H20O. The smallest absolute Gasteiger partial charge is 0.133 e. The van der Waals surface area contributed by atoms with Gasteiger partial charge in [-0.15, -0.1) is 0 Å². The van der Waals surface area contributed by atoms with Crippen LogP contribution in [0.5, 0.6) is 0 Å². The van der Waals surface area contributed by atoms with E-state index in [2.05, 4.69) is 25.2 Å². The molecule has 0 atom stereocenters. The normalized spacial score (nSPS) is 11.5. The van der Waals surface area contributed by atoms with Crippen LogP contribution in [-0.4, -0.2) is 5.78 Å². The van der Waals surface area contributed by atoms with Crippen LogP contribution >= 0.6 is 0 Å². The molecule has 0 unspecified atom stereocenters. The van der Waals surface area contributed by atoms with Crippen molar-refractivity contribution >= 4 is 5.78 Å². The van der Waals surface area contributed by atoms with Crippen molar-refractivity contribution in [3.8, 4) is 0 Å². The van der Waals surface area contributed by atoms with E-state index >= 15 is 0 Å². The van der Waals surface area contributed by atoms with E-state index in [0.717, 1.165) is 12.8 Å². The van der Waals surface area contributed by atoms with Gasteiger partial charge in [-0.3, -0.25) is 4.79 Å². The minimum atomic E-state index is 0.234. The number of ketones is 1. The Hall–Kier alpha value is -0.850. The summed E-state index contributed by atoms with van der Waals surface area (Å²) in [6.45, 7) is 3.79. The molecule has 1 heteroatoms. The standard InChI is InChI=1S/C12H20O/c1-3-4-5-6-7-8-9-10-11-12(2)13/h5-6,9-10H,3-4,7-8,11H2,1-2H3/b6-5+,10-9+. The van der Waals surface area contributed by atoms with E-state index in [-0.39, 0.29) is 5.78 Å². The predicted octanol–water partition coefficient (Wildman–Crippen LogP) is 3.66. The summed E-state index contributed by atoms with van der Waals surface area (Å²) in [4.78, 5) is 10.6. The van der Waals surface area contributed by atoms with E-state index in [4.69, 9.17) is 0 Å². The van der Waals surface area contributed by atoms with Crippen molar-refractivity contribution < 1.29 is 4.79 Å². The molecule has 0 aromatic rings. The molecule has 0 aliphatic carbocycles. The number of hydrogen-bond donors (Lipinski definition) is 0. The third kappa shape index (κ3) is 11.1. The van der Waals surface area contributed by atoms with Gasteiger partial charge in [0.05, 0.1) is 0 Å². The Morgan fingerprint density at radius 1 is 1.00 bits per heavy atom. The van der Waals surface area contributed by atoms with Gasteiger partial charge >= 0.3 is 0 Å². The van der Waals surface area contributed by atoms with Crippen molar-refractivity contribution in [2.45, 2.75) is 46.0 Å². The average molecular weight is 180 g/mol. The second-order valence-corrected chi connectivity index (χ2v) is 3.21. The van der Waals surface area contributed by atoms with Gasteiger partial charge < -0.3 is 0 Å². The predicted molar refractivity (Wildman–Crippen MR) is 57.7 cm³/mol. The number of unbranched alkanes of at least 4 members (excludes halogenated alkanes) is 2. The summed E-state index contributed by atoms with van der Waals surface area (Å²) in [5.74, 6) is 0.234. The van der Waals surface area contributed by atoms with Crippen LogP contribution in [-0.2, 0) is 4.79 Å². The topological polar surface area (TPSA) is 17.1 Å². The van der Waals surface area contributed by atoms with Crippen LogP contribution in [0.25, 0.3) is 0 Å². The number of carbonyl (C=O) groups excluding carboxylic acids is 1. The van der Waals surface area contributed by atoms with Crippen LogP contribution in [0.3, 0.4) is 0 Å². The molecule has 0 heterocycles. The highest BCUT2D eigenvalue weighted by molar-refractivity contribution is 5.76. The van der Waals surface area contributed by atoms with Crippen molar-refractivity contribution in [3.05, 3.63) is 24.3 Å². The quantitative estimate of drug-likeness (QED) is 0.431. The Kier molecular flexibility index (Phi) is 8.64. The fourth-order valence-electron chi connectivity index (χ4n) is 0.962. The summed E-state index contributed by atoms with van der Waals surface area (Å²) in [5.41, 5.74) is 0. The first-order valence-corrected chi connectivity index (χ1v) is 5.06. The van der Waals surface area contributed by atoms with Gasteiger partial charge in [0.25, 0.3) is 0 Å². The molecule has 0 saturated heterocycles. The van der Waals surface area contributed by atoms with E-state index in [9.17, 15) is 4.79 Å². The van der Waals surface area contributed by atoms with Crippen molar-refractivity contribution in [1.29, 1.82) is 0 Å². The van der Waals surface area contributed by atoms with Crippen LogP contribution in [0.1, 0.15) is 46.0 Å². The van der Waals surface area contributed by atoms with Crippen LogP contribution < -0.4 is 0 Å². The summed E-state index contributed by atoms with van der Waals surface area (Å²) in [6, 6.07) is 0. The third-order valence-corrected chi connectivity index (χ3v) is 1.69. The fraction of sp³-hybridized carbons (Fsp3) is 0.583. The van der Waals surface area contributed by atoms with Crippen molar-refractivity contribution in [2.24, 2.45) is 0 Å². The molecule has 0 aliphatic rings. The van der Waals surface area contributed by atoms with Crippen LogP contribution in [0.4, 0.5) is 0 Å². The zero-order valence-corrected chi connectivity index (χ0v) is 8.75.